The zero-order valence-electron chi connectivity index (χ0n) is 13.0. The number of hydrogen-bond acceptors (Lipinski definition) is 4. The second kappa shape index (κ2) is 6.14. The van der Waals surface area contributed by atoms with Gasteiger partial charge in [-0.1, -0.05) is 24.3 Å². The van der Waals surface area contributed by atoms with Crippen molar-refractivity contribution >= 4 is 22.5 Å². The van der Waals surface area contributed by atoms with E-state index >= 15 is 0 Å². The number of imidazole rings is 1. The first-order valence-electron chi connectivity index (χ1n) is 7.57. The van der Waals surface area contributed by atoms with E-state index < -0.39 is 17.1 Å². The summed E-state index contributed by atoms with van der Waals surface area (Å²) in [5.41, 5.74) is -0.214. The van der Waals surface area contributed by atoms with E-state index in [0.717, 1.165) is 9.44 Å². The average molecular weight is 356 g/mol. The minimum Gasteiger partial charge on any atom is -0.339 e. The van der Waals surface area contributed by atoms with Crippen LogP contribution in [0.2, 0.25) is 0 Å². The van der Waals surface area contributed by atoms with Crippen LogP contribution in [0.4, 0.5) is 4.39 Å². The highest BCUT2D eigenvalue weighted by atomic mass is 32.1. The van der Waals surface area contributed by atoms with Gasteiger partial charge in [0.2, 0.25) is 0 Å². The Kier molecular flexibility index (Phi) is 3.81. The second-order valence-electron chi connectivity index (χ2n) is 5.53. The number of aromatic nitrogens is 4. The topological polar surface area (TPSA) is 72.7 Å². The maximum absolute atomic E-state index is 14.0. The Morgan fingerprint density at radius 2 is 1.92 bits per heavy atom. The molecule has 126 valence electrons. The number of rotatable bonds is 4. The smallest absolute Gasteiger partial charge is 0.333 e. The summed E-state index contributed by atoms with van der Waals surface area (Å²) in [6.07, 6.45) is 1.38. The van der Waals surface area contributed by atoms with Gasteiger partial charge in [-0.15, -0.1) is 11.3 Å². The van der Waals surface area contributed by atoms with Crippen LogP contribution < -0.4 is 11.2 Å². The predicted molar refractivity (Wildman–Crippen MR) is 93.5 cm³/mol. The molecule has 25 heavy (non-hydrogen) atoms. The van der Waals surface area contributed by atoms with E-state index in [1.165, 1.54) is 28.3 Å². The minimum atomic E-state index is -0.513. The SMILES string of the molecule is O=c1c2[nH]cnc2n(Cc2cccs2)c(=O)n1Cc1ccccc1F. The van der Waals surface area contributed by atoms with E-state index in [-0.39, 0.29) is 17.6 Å². The highest BCUT2D eigenvalue weighted by Gasteiger charge is 2.17. The van der Waals surface area contributed by atoms with E-state index in [1.807, 2.05) is 17.5 Å². The maximum Gasteiger partial charge on any atom is 0.333 e. The van der Waals surface area contributed by atoms with E-state index in [9.17, 15) is 14.0 Å². The third kappa shape index (κ3) is 2.70. The lowest BCUT2D eigenvalue weighted by molar-refractivity contribution is 0.578. The van der Waals surface area contributed by atoms with Gasteiger partial charge in [-0.2, -0.15) is 0 Å². The lowest BCUT2D eigenvalue weighted by Gasteiger charge is -2.11. The summed E-state index contributed by atoms with van der Waals surface area (Å²) in [5.74, 6) is -0.455. The average Bonchev–Trinajstić information content (AvgIpc) is 3.28. The number of fused-ring (bicyclic) bond motifs is 1. The Morgan fingerprint density at radius 3 is 2.68 bits per heavy atom. The van der Waals surface area contributed by atoms with Gasteiger partial charge in [-0.05, 0) is 17.5 Å². The van der Waals surface area contributed by atoms with Gasteiger partial charge in [0.1, 0.15) is 11.3 Å². The molecule has 6 nitrogen and oxygen atoms in total. The summed E-state index contributed by atoms with van der Waals surface area (Å²) in [6, 6.07) is 9.89. The van der Waals surface area contributed by atoms with Gasteiger partial charge >= 0.3 is 5.69 Å². The highest BCUT2D eigenvalue weighted by Crippen LogP contribution is 2.12. The summed E-state index contributed by atoms with van der Waals surface area (Å²) in [6.45, 7) is 0.166. The fraction of sp³-hybridized carbons (Fsp3) is 0.118. The highest BCUT2D eigenvalue weighted by molar-refractivity contribution is 7.09. The fourth-order valence-electron chi connectivity index (χ4n) is 2.74. The van der Waals surface area contributed by atoms with E-state index in [0.29, 0.717) is 12.2 Å². The van der Waals surface area contributed by atoms with E-state index in [2.05, 4.69) is 9.97 Å². The number of aromatic amines is 1. The van der Waals surface area contributed by atoms with Gasteiger partial charge in [0, 0.05) is 10.4 Å². The number of halogens is 1. The van der Waals surface area contributed by atoms with Crippen molar-refractivity contribution < 1.29 is 4.39 Å². The lowest BCUT2D eigenvalue weighted by Crippen LogP contribution is -2.40. The molecule has 0 fully saturated rings. The number of hydrogen-bond donors (Lipinski definition) is 1. The van der Waals surface area contributed by atoms with Crippen LogP contribution in [-0.4, -0.2) is 19.1 Å². The van der Waals surface area contributed by atoms with Crippen LogP contribution in [-0.2, 0) is 13.1 Å². The molecule has 3 aromatic heterocycles. The number of thiophene rings is 1. The maximum atomic E-state index is 14.0. The van der Waals surface area contributed by atoms with Crippen LogP contribution in [0.5, 0.6) is 0 Å². The zero-order valence-corrected chi connectivity index (χ0v) is 13.8. The quantitative estimate of drug-likeness (QED) is 0.609. The lowest BCUT2D eigenvalue weighted by atomic mass is 10.2. The fourth-order valence-corrected chi connectivity index (χ4v) is 3.44. The third-order valence-electron chi connectivity index (χ3n) is 3.98. The molecule has 4 aromatic rings. The van der Waals surface area contributed by atoms with Crippen molar-refractivity contribution in [1.29, 1.82) is 0 Å². The van der Waals surface area contributed by atoms with Crippen LogP contribution in [0, 0.1) is 5.82 Å². The van der Waals surface area contributed by atoms with Gasteiger partial charge in [0.15, 0.2) is 5.65 Å². The Balaban J connectivity index is 1.91. The Hall–Kier alpha value is -3.00. The first kappa shape index (κ1) is 15.5. The molecule has 0 bridgehead atoms. The molecule has 0 atom stereocenters. The van der Waals surface area contributed by atoms with Gasteiger partial charge < -0.3 is 4.98 Å². The zero-order chi connectivity index (χ0) is 17.4. The first-order valence-corrected chi connectivity index (χ1v) is 8.45. The molecule has 0 aliphatic rings. The minimum absolute atomic E-state index is 0.135. The second-order valence-corrected chi connectivity index (χ2v) is 6.56. The van der Waals surface area contributed by atoms with Crippen LogP contribution in [0.15, 0.2) is 57.7 Å². The van der Waals surface area contributed by atoms with E-state index in [1.54, 1.807) is 18.2 Å². The molecule has 0 saturated carbocycles. The Labute approximate surface area is 144 Å². The number of nitrogens with zero attached hydrogens (tertiary/aromatic N) is 3. The van der Waals surface area contributed by atoms with Crippen molar-refractivity contribution in [3.63, 3.8) is 0 Å². The molecule has 0 spiro atoms. The summed E-state index contributed by atoms with van der Waals surface area (Å²) in [7, 11) is 0. The van der Waals surface area contributed by atoms with Crippen molar-refractivity contribution in [3.05, 3.63) is 85.2 Å². The van der Waals surface area contributed by atoms with Crippen molar-refractivity contribution in [2.75, 3.05) is 0 Å². The van der Waals surface area contributed by atoms with Crippen LogP contribution in [0.1, 0.15) is 10.4 Å². The van der Waals surface area contributed by atoms with Crippen molar-refractivity contribution in [3.8, 4) is 0 Å². The molecule has 8 heteroatoms. The summed E-state index contributed by atoms with van der Waals surface area (Å²) in [4.78, 5) is 33.4. The van der Waals surface area contributed by atoms with Crippen LogP contribution >= 0.6 is 11.3 Å². The van der Waals surface area contributed by atoms with Gasteiger partial charge in [-0.25, -0.2) is 14.2 Å². The normalized spacial score (nSPS) is 11.2. The summed E-state index contributed by atoms with van der Waals surface area (Å²) in [5, 5.41) is 1.91. The largest absolute Gasteiger partial charge is 0.339 e. The molecule has 0 aliphatic carbocycles. The molecule has 1 aromatic carbocycles. The van der Waals surface area contributed by atoms with Crippen molar-refractivity contribution in [1.82, 2.24) is 19.1 Å². The standard InChI is InChI=1S/C17H13FN4O2S/c18-13-6-2-1-4-11(13)8-22-16(23)14-15(20-10-19-14)21(17(22)24)9-12-5-3-7-25-12/h1-7,10H,8-9H2,(H,19,20). The molecular weight excluding hydrogens is 343 g/mol. The van der Waals surface area contributed by atoms with Gasteiger partial charge in [0.05, 0.1) is 19.4 Å². The number of benzene rings is 1. The molecule has 0 aliphatic heterocycles. The van der Waals surface area contributed by atoms with Crippen LogP contribution in [0.25, 0.3) is 11.2 Å². The monoisotopic (exact) mass is 356 g/mol. The molecule has 0 unspecified atom stereocenters. The molecule has 0 saturated heterocycles. The Morgan fingerprint density at radius 1 is 1.08 bits per heavy atom. The molecule has 4 rings (SSSR count). The molecule has 0 amide bonds. The third-order valence-corrected chi connectivity index (χ3v) is 4.84. The molecular formula is C17H13FN4O2S. The molecule has 1 N–H and O–H groups in total. The number of nitrogens with one attached hydrogen (secondary N) is 1. The summed E-state index contributed by atoms with van der Waals surface area (Å²) >= 11 is 1.51. The van der Waals surface area contributed by atoms with Crippen molar-refractivity contribution in [2.24, 2.45) is 0 Å². The Bertz CT molecular complexity index is 1160. The molecule has 0 radical (unpaired) electrons. The summed E-state index contributed by atoms with van der Waals surface area (Å²) < 4.78 is 16.4. The van der Waals surface area contributed by atoms with Crippen LogP contribution in [0.3, 0.4) is 0 Å². The van der Waals surface area contributed by atoms with Crippen molar-refractivity contribution in [2.45, 2.75) is 13.1 Å². The predicted octanol–water partition coefficient (Wildman–Crippen LogP) is 2.18. The number of H-pyrrole nitrogens is 1. The first-order chi connectivity index (χ1) is 12.1. The molecule has 3 heterocycles. The van der Waals surface area contributed by atoms with Gasteiger partial charge in [0.25, 0.3) is 5.56 Å². The van der Waals surface area contributed by atoms with E-state index in [4.69, 9.17) is 0 Å². The van der Waals surface area contributed by atoms with Gasteiger partial charge in [-0.3, -0.25) is 13.9 Å².